The van der Waals surface area contributed by atoms with Gasteiger partial charge >= 0.3 is 0 Å². The summed E-state index contributed by atoms with van der Waals surface area (Å²) in [6, 6.07) is 8.30. The van der Waals surface area contributed by atoms with E-state index in [4.69, 9.17) is 9.72 Å². The van der Waals surface area contributed by atoms with Crippen molar-refractivity contribution < 1.29 is 4.74 Å². The number of thiophene rings is 1. The number of morpholine rings is 1. The van der Waals surface area contributed by atoms with Crippen molar-refractivity contribution in [1.82, 2.24) is 24.7 Å². The normalized spacial score (nSPS) is 14.4. The van der Waals surface area contributed by atoms with Crippen LogP contribution in [0.15, 0.2) is 34.2 Å². The second-order valence-corrected chi connectivity index (χ2v) is 9.97. The van der Waals surface area contributed by atoms with Gasteiger partial charge in [0.25, 0.3) is 5.56 Å². The third kappa shape index (κ3) is 3.94. The number of aromatic amines is 1. The molecular weight excluding hydrogens is 444 g/mol. The van der Waals surface area contributed by atoms with E-state index < -0.39 is 0 Å². The largest absolute Gasteiger partial charge is 0.378 e. The Labute approximate surface area is 193 Å². The number of benzene rings is 1. The van der Waals surface area contributed by atoms with Gasteiger partial charge in [-0.15, -0.1) is 21.5 Å². The number of anilines is 1. The molecule has 10 heteroatoms. The maximum absolute atomic E-state index is 12.6. The van der Waals surface area contributed by atoms with Crippen LogP contribution in [0.3, 0.4) is 0 Å². The van der Waals surface area contributed by atoms with Crippen LogP contribution in [0, 0.1) is 20.8 Å². The Balaban J connectivity index is 1.49. The van der Waals surface area contributed by atoms with Crippen molar-refractivity contribution in [1.29, 1.82) is 0 Å². The van der Waals surface area contributed by atoms with E-state index in [0.717, 1.165) is 45.2 Å². The van der Waals surface area contributed by atoms with E-state index in [0.29, 0.717) is 30.2 Å². The van der Waals surface area contributed by atoms with Gasteiger partial charge in [-0.3, -0.25) is 9.36 Å². The van der Waals surface area contributed by atoms with Crippen LogP contribution in [-0.4, -0.2) is 51.0 Å². The van der Waals surface area contributed by atoms with Gasteiger partial charge in [0.1, 0.15) is 10.7 Å². The molecule has 0 bridgehead atoms. The first-order chi connectivity index (χ1) is 15.5. The van der Waals surface area contributed by atoms with Crippen molar-refractivity contribution in [3.63, 3.8) is 0 Å². The maximum Gasteiger partial charge on any atom is 0.259 e. The second-order valence-electron chi connectivity index (χ2n) is 7.82. The summed E-state index contributed by atoms with van der Waals surface area (Å²) >= 11 is 3.08. The molecule has 0 unspecified atom stereocenters. The predicted octanol–water partition coefficient (Wildman–Crippen LogP) is 3.62. The van der Waals surface area contributed by atoms with Gasteiger partial charge in [-0.1, -0.05) is 23.9 Å². The van der Waals surface area contributed by atoms with E-state index in [1.807, 2.05) is 19.9 Å². The smallest absolute Gasteiger partial charge is 0.259 e. The van der Waals surface area contributed by atoms with Gasteiger partial charge < -0.3 is 14.6 Å². The Kier molecular flexibility index (Phi) is 5.75. The first kappa shape index (κ1) is 21.2. The van der Waals surface area contributed by atoms with Crippen molar-refractivity contribution in [2.45, 2.75) is 31.7 Å². The summed E-state index contributed by atoms with van der Waals surface area (Å²) in [4.78, 5) is 24.4. The molecule has 0 amide bonds. The first-order valence-electron chi connectivity index (χ1n) is 10.5. The third-order valence-electron chi connectivity index (χ3n) is 5.60. The van der Waals surface area contributed by atoms with E-state index >= 15 is 0 Å². The highest BCUT2D eigenvalue weighted by Crippen LogP contribution is 2.30. The highest BCUT2D eigenvalue weighted by atomic mass is 32.2. The van der Waals surface area contributed by atoms with Gasteiger partial charge in [-0.25, -0.2) is 4.98 Å². The highest BCUT2D eigenvalue weighted by molar-refractivity contribution is 7.98. The molecule has 0 spiro atoms. The molecule has 166 valence electrons. The van der Waals surface area contributed by atoms with Crippen molar-refractivity contribution in [3.8, 4) is 5.69 Å². The zero-order valence-corrected chi connectivity index (χ0v) is 19.8. The minimum atomic E-state index is -0.0818. The van der Waals surface area contributed by atoms with Crippen LogP contribution in [-0.2, 0) is 10.5 Å². The molecule has 1 fully saturated rings. The van der Waals surface area contributed by atoms with Gasteiger partial charge in [0.2, 0.25) is 5.95 Å². The number of ether oxygens (including phenoxy) is 1. The van der Waals surface area contributed by atoms with E-state index in [1.54, 1.807) is 11.3 Å². The standard InChI is InChI=1S/C22H24N6O2S2/c1-13-5-4-6-16(11-13)28-21(27-7-9-30-10-8-27)25-26-22(28)31-12-17-23-19(29)18-14(2)15(3)32-20(18)24-17/h4-6,11H,7-10,12H2,1-3H3,(H,23,24,29). The number of aryl methyl sites for hydroxylation is 3. The van der Waals surface area contributed by atoms with Crippen LogP contribution >= 0.6 is 23.1 Å². The Morgan fingerprint density at radius 2 is 2.00 bits per heavy atom. The number of hydrogen-bond acceptors (Lipinski definition) is 8. The van der Waals surface area contributed by atoms with Crippen LogP contribution < -0.4 is 10.5 Å². The molecule has 0 saturated carbocycles. The van der Waals surface area contributed by atoms with Gasteiger partial charge in [0, 0.05) is 18.0 Å². The predicted molar refractivity (Wildman–Crippen MR) is 128 cm³/mol. The molecule has 1 saturated heterocycles. The van der Waals surface area contributed by atoms with E-state index in [2.05, 4.69) is 49.8 Å². The minimum absolute atomic E-state index is 0.0818. The van der Waals surface area contributed by atoms with Crippen molar-refractivity contribution in [2.24, 2.45) is 0 Å². The van der Waals surface area contributed by atoms with Crippen molar-refractivity contribution in [3.05, 3.63) is 56.4 Å². The number of nitrogens with one attached hydrogen (secondary N) is 1. The fraction of sp³-hybridized carbons (Fsp3) is 0.364. The summed E-state index contributed by atoms with van der Waals surface area (Å²) in [5.41, 5.74) is 3.11. The number of fused-ring (bicyclic) bond motifs is 1. The van der Waals surface area contributed by atoms with Crippen LogP contribution in [0.25, 0.3) is 15.9 Å². The summed E-state index contributed by atoms with van der Waals surface area (Å²) in [5.74, 6) is 1.94. The van der Waals surface area contributed by atoms with Crippen molar-refractivity contribution >= 4 is 39.3 Å². The second kappa shape index (κ2) is 8.68. The van der Waals surface area contributed by atoms with Crippen LogP contribution in [0.1, 0.15) is 21.8 Å². The third-order valence-corrected chi connectivity index (χ3v) is 7.64. The molecule has 1 aliphatic heterocycles. The highest BCUT2D eigenvalue weighted by Gasteiger charge is 2.22. The molecule has 4 heterocycles. The fourth-order valence-corrected chi connectivity index (χ4v) is 5.68. The summed E-state index contributed by atoms with van der Waals surface area (Å²) in [7, 11) is 0. The summed E-state index contributed by atoms with van der Waals surface area (Å²) < 4.78 is 7.59. The molecule has 1 aromatic carbocycles. The van der Waals surface area contributed by atoms with Crippen LogP contribution in [0.2, 0.25) is 0 Å². The van der Waals surface area contributed by atoms with E-state index in [9.17, 15) is 4.79 Å². The lowest BCUT2D eigenvalue weighted by molar-refractivity contribution is 0.122. The number of H-pyrrole nitrogens is 1. The Morgan fingerprint density at radius 1 is 1.19 bits per heavy atom. The molecule has 8 nitrogen and oxygen atoms in total. The molecule has 4 aromatic rings. The van der Waals surface area contributed by atoms with Gasteiger partial charge in [0.05, 0.1) is 30.0 Å². The van der Waals surface area contributed by atoms with Crippen molar-refractivity contribution in [2.75, 3.05) is 31.2 Å². The molecule has 1 aliphatic rings. The molecular formula is C22H24N6O2S2. The van der Waals surface area contributed by atoms with Crippen LogP contribution in [0.5, 0.6) is 0 Å². The Bertz CT molecular complexity index is 1340. The monoisotopic (exact) mass is 468 g/mol. The fourth-order valence-electron chi connectivity index (χ4n) is 3.82. The topological polar surface area (TPSA) is 88.9 Å². The number of hydrogen-bond donors (Lipinski definition) is 1. The van der Waals surface area contributed by atoms with Gasteiger partial charge in [0.15, 0.2) is 5.16 Å². The lowest BCUT2D eigenvalue weighted by Gasteiger charge is -2.28. The van der Waals surface area contributed by atoms with E-state index in [1.165, 1.54) is 17.3 Å². The molecule has 3 aromatic heterocycles. The number of aromatic nitrogens is 5. The average molecular weight is 469 g/mol. The first-order valence-corrected chi connectivity index (χ1v) is 12.3. The Hall–Kier alpha value is -2.69. The molecule has 5 rings (SSSR count). The van der Waals surface area contributed by atoms with E-state index in [-0.39, 0.29) is 5.56 Å². The summed E-state index contributed by atoms with van der Waals surface area (Å²) in [5, 5.41) is 10.5. The maximum atomic E-state index is 12.6. The molecule has 32 heavy (non-hydrogen) atoms. The zero-order valence-electron chi connectivity index (χ0n) is 18.2. The lowest BCUT2D eigenvalue weighted by atomic mass is 10.2. The summed E-state index contributed by atoms with van der Waals surface area (Å²) in [6.07, 6.45) is 0. The minimum Gasteiger partial charge on any atom is -0.378 e. The van der Waals surface area contributed by atoms with Gasteiger partial charge in [-0.05, 0) is 44.0 Å². The molecule has 0 radical (unpaired) electrons. The molecule has 1 N–H and O–H groups in total. The number of rotatable bonds is 5. The Morgan fingerprint density at radius 3 is 2.78 bits per heavy atom. The van der Waals surface area contributed by atoms with Crippen LogP contribution in [0.4, 0.5) is 5.95 Å². The number of thioether (sulfide) groups is 1. The molecule has 0 atom stereocenters. The summed E-state index contributed by atoms with van der Waals surface area (Å²) in [6.45, 7) is 8.96. The SMILES string of the molecule is Cc1cccc(-n2c(SCc3nc4sc(C)c(C)c4c(=O)[nH]3)nnc2N2CCOCC2)c1. The lowest BCUT2D eigenvalue weighted by Crippen LogP contribution is -2.37. The number of nitrogens with zero attached hydrogens (tertiary/aromatic N) is 5. The zero-order chi connectivity index (χ0) is 22.2. The van der Waals surface area contributed by atoms with Gasteiger partial charge in [-0.2, -0.15) is 0 Å². The molecule has 0 aliphatic carbocycles. The quantitative estimate of drug-likeness (QED) is 0.448. The average Bonchev–Trinajstić information content (AvgIpc) is 3.34.